The Morgan fingerprint density at radius 3 is 2.77 bits per heavy atom. The van der Waals surface area contributed by atoms with E-state index in [9.17, 15) is 19.5 Å². The lowest BCUT2D eigenvalue weighted by Gasteiger charge is -2.33. The summed E-state index contributed by atoms with van der Waals surface area (Å²) in [5.74, 6) is -1.00. The molecule has 0 spiro atoms. The van der Waals surface area contributed by atoms with Crippen LogP contribution in [-0.2, 0) is 20.8 Å². The van der Waals surface area contributed by atoms with Gasteiger partial charge in [0.1, 0.15) is 12.4 Å². The number of aromatic amines is 1. The molecule has 12 heteroatoms. The molecule has 1 saturated heterocycles. The monoisotopic (exact) mass is 518 g/mol. The van der Waals surface area contributed by atoms with E-state index in [0.29, 0.717) is 5.16 Å². The molecule has 4 N–H and O–H groups in total. The number of benzene rings is 1. The standard InChI is InChI=1S/C23H30N6O4S2/c1-4-10-24-20(32)19-23(2,3)35-14-29(19)21(33)18(31)16(11-15-8-6-5-7-9-15)27-17(30)12-34-22-25-13-26-28-22/h4-9,13,16,18-19,31H,1,10-12,14H2,2-3H3,(H,24,32)(H,27,30)(H,25,26,28)/t16-,18-,19+/m0/s1. The Labute approximate surface area is 212 Å². The summed E-state index contributed by atoms with van der Waals surface area (Å²) in [7, 11) is 0. The van der Waals surface area contributed by atoms with Crippen molar-refractivity contribution in [2.45, 2.75) is 48.4 Å². The molecule has 0 bridgehead atoms. The third-order valence-electron chi connectivity index (χ3n) is 5.51. The van der Waals surface area contributed by atoms with Crippen molar-refractivity contribution in [1.82, 2.24) is 30.7 Å². The highest BCUT2D eigenvalue weighted by Crippen LogP contribution is 2.39. The van der Waals surface area contributed by atoms with Crippen LogP contribution in [0.2, 0.25) is 0 Å². The highest BCUT2D eigenvalue weighted by molar-refractivity contribution is 8.01. The van der Waals surface area contributed by atoms with Gasteiger partial charge in [0.25, 0.3) is 5.91 Å². The first-order valence-corrected chi connectivity index (χ1v) is 13.0. The SMILES string of the molecule is C=CCNC(=O)[C@H]1N(C(=O)[C@@H](O)[C@H](Cc2ccccc2)NC(=O)CSc2ncn[nH]2)CSC1(C)C. The van der Waals surface area contributed by atoms with Crippen LogP contribution in [0.4, 0.5) is 0 Å². The highest BCUT2D eigenvalue weighted by atomic mass is 32.2. The minimum atomic E-state index is -1.54. The van der Waals surface area contributed by atoms with Crippen LogP contribution in [0.3, 0.4) is 0 Å². The van der Waals surface area contributed by atoms with Gasteiger partial charge in [-0.25, -0.2) is 4.98 Å². The maximum absolute atomic E-state index is 13.5. The normalized spacial score (nSPS) is 18.5. The second-order valence-corrected chi connectivity index (χ2v) is 11.1. The van der Waals surface area contributed by atoms with E-state index >= 15 is 0 Å². The lowest BCUT2D eigenvalue weighted by atomic mass is 9.97. The Hall–Kier alpha value is -2.83. The molecule has 3 rings (SSSR count). The highest BCUT2D eigenvalue weighted by Gasteiger charge is 2.49. The summed E-state index contributed by atoms with van der Waals surface area (Å²) < 4.78 is -0.549. The molecule has 1 fully saturated rings. The molecule has 1 aromatic heterocycles. The summed E-state index contributed by atoms with van der Waals surface area (Å²) in [6, 6.07) is 7.62. The lowest BCUT2D eigenvalue weighted by molar-refractivity contribution is -0.147. The topological polar surface area (TPSA) is 140 Å². The number of rotatable bonds is 11. The molecule has 2 aromatic rings. The number of carbonyl (C=O) groups excluding carboxylic acids is 3. The quantitative estimate of drug-likeness (QED) is 0.255. The van der Waals surface area contributed by atoms with Gasteiger partial charge in [0.05, 0.1) is 17.7 Å². The number of H-pyrrole nitrogens is 1. The molecule has 1 aliphatic heterocycles. The number of aliphatic hydroxyl groups is 1. The maximum atomic E-state index is 13.5. The van der Waals surface area contributed by atoms with Crippen LogP contribution in [0.15, 0.2) is 54.5 Å². The number of amides is 3. The Kier molecular flexibility index (Phi) is 9.35. The van der Waals surface area contributed by atoms with Crippen LogP contribution in [-0.4, -0.2) is 84.0 Å². The Morgan fingerprint density at radius 1 is 1.37 bits per heavy atom. The lowest BCUT2D eigenvalue weighted by Crippen LogP contribution is -2.58. The van der Waals surface area contributed by atoms with Crippen LogP contribution in [0.1, 0.15) is 19.4 Å². The predicted octanol–water partition coefficient (Wildman–Crippen LogP) is 0.968. The molecule has 0 radical (unpaired) electrons. The third kappa shape index (κ3) is 7.09. The predicted molar refractivity (Wildman–Crippen MR) is 136 cm³/mol. The number of hydrogen-bond donors (Lipinski definition) is 4. The summed E-state index contributed by atoms with van der Waals surface area (Å²) in [6.45, 7) is 7.66. The van der Waals surface area contributed by atoms with Gasteiger partial charge in [-0.15, -0.1) is 18.3 Å². The fourth-order valence-electron chi connectivity index (χ4n) is 3.78. The van der Waals surface area contributed by atoms with E-state index in [0.717, 1.165) is 17.3 Å². The molecular formula is C23H30N6O4S2. The Balaban J connectivity index is 1.76. The second kappa shape index (κ2) is 12.2. The molecular weight excluding hydrogens is 488 g/mol. The van der Waals surface area contributed by atoms with E-state index in [1.54, 1.807) is 6.08 Å². The van der Waals surface area contributed by atoms with E-state index in [2.05, 4.69) is 32.4 Å². The maximum Gasteiger partial charge on any atom is 0.254 e. The second-order valence-electron chi connectivity index (χ2n) is 8.51. The van der Waals surface area contributed by atoms with Crippen LogP contribution < -0.4 is 10.6 Å². The van der Waals surface area contributed by atoms with Gasteiger partial charge in [-0.05, 0) is 25.8 Å². The summed E-state index contributed by atoms with van der Waals surface area (Å²) in [5.41, 5.74) is 0.851. The average molecular weight is 519 g/mol. The number of nitrogens with one attached hydrogen (secondary N) is 3. The molecule has 0 aliphatic carbocycles. The molecule has 188 valence electrons. The fourth-order valence-corrected chi connectivity index (χ4v) is 5.51. The first kappa shape index (κ1) is 26.8. The van der Waals surface area contributed by atoms with Gasteiger partial charge in [0, 0.05) is 11.3 Å². The molecule has 0 unspecified atom stereocenters. The van der Waals surface area contributed by atoms with E-state index in [-0.39, 0.29) is 36.4 Å². The van der Waals surface area contributed by atoms with Crippen molar-refractivity contribution in [3.05, 3.63) is 54.9 Å². The van der Waals surface area contributed by atoms with Gasteiger partial charge < -0.3 is 20.6 Å². The third-order valence-corrected chi connectivity index (χ3v) is 7.76. The average Bonchev–Trinajstić information content (AvgIpc) is 3.47. The van der Waals surface area contributed by atoms with Crippen LogP contribution >= 0.6 is 23.5 Å². The van der Waals surface area contributed by atoms with E-state index in [1.807, 2.05) is 44.2 Å². The van der Waals surface area contributed by atoms with Crippen molar-refractivity contribution >= 4 is 41.2 Å². The zero-order chi connectivity index (χ0) is 25.4. The van der Waals surface area contributed by atoms with Crippen LogP contribution in [0.5, 0.6) is 0 Å². The van der Waals surface area contributed by atoms with Crippen molar-refractivity contribution in [3.8, 4) is 0 Å². The Bertz CT molecular complexity index is 1020. The number of aliphatic hydroxyl groups excluding tert-OH is 1. The number of hydrogen-bond acceptors (Lipinski definition) is 8. The number of nitrogens with zero attached hydrogens (tertiary/aromatic N) is 3. The molecule has 0 saturated carbocycles. The molecule has 1 aliphatic rings. The summed E-state index contributed by atoms with van der Waals surface area (Å²) in [4.78, 5) is 44.4. The van der Waals surface area contributed by atoms with Crippen LogP contribution in [0.25, 0.3) is 0 Å². The minimum Gasteiger partial charge on any atom is -0.381 e. The van der Waals surface area contributed by atoms with E-state index < -0.39 is 28.8 Å². The smallest absolute Gasteiger partial charge is 0.254 e. The zero-order valence-electron chi connectivity index (χ0n) is 19.6. The molecule has 3 amide bonds. The number of thioether (sulfide) groups is 2. The molecule has 10 nitrogen and oxygen atoms in total. The van der Waals surface area contributed by atoms with Gasteiger partial charge >= 0.3 is 0 Å². The van der Waals surface area contributed by atoms with Crippen LogP contribution in [0, 0.1) is 0 Å². The zero-order valence-corrected chi connectivity index (χ0v) is 21.3. The molecule has 35 heavy (non-hydrogen) atoms. The van der Waals surface area contributed by atoms with Crippen molar-refractivity contribution in [1.29, 1.82) is 0 Å². The Morgan fingerprint density at radius 2 is 2.11 bits per heavy atom. The summed E-state index contributed by atoms with van der Waals surface area (Å²) in [5, 5.41) is 23.6. The van der Waals surface area contributed by atoms with Gasteiger partial charge in [0.2, 0.25) is 11.8 Å². The summed E-state index contributed by atoms with van der Waals surface area (Å²) >= 11 is 2.62. The first-order valence-electron chi connectivity index (χ1n) is 11.1. The van der Waals surface area contributed by atoms with Crippen molar-refractivity contribution in [2.24, 2.45) is 0 Å². The first-order chi connectivity index (χ1) is 16.7. The van der Waals surface area contributed by atoms with Crippen molar-refractivity contribution in [2.75, 3.05) is 18.2 Å². The largest absolute Gasteiger partial charge is 0.381 e. The van der Waals surface area contributed by atoms with Gasteiger partial charge in [-0.3, -0.25) is 19.5 Å². The minimum absolute atomic E-state index is 0.0283. The summed E-state index contributed by atoms with van der Waals surface area (Å²) in [6.07, 6.45) is 1.61. The number of carbonyl (C=O) groups is 3. The van der Waals surface area contributed by atoms with Gasteiger partial charge in [0.15, 0.2) is 11.3 Å². The van der Waals surface area contributed by atoms with E-state index in [4.69, 9.17) is 0 Å². The van der Waals surface area contributed by atoms with Crippen molar-refractivity contribution in [3.63, 3.8) is 0 Å². The molecule has 1 aromatic carbocycles. The number of aromatic nitrogens is 3. The fraction of sp³-hybridized carbons (Fsp3) is 0.435. The van der Waals surface area contributed by atoms with Crippen molar-refractivity contribution < 1.29 is 19.5 Å². The molecule has 3 atom stereocenters. The van der Waals surface area contributed by atoms with Gasteiger partial charge in [-0.1, -0.05) is 48.2 Å². The van der Waals surface area contributed by atoms with E-state index in [1.165, 1.54) is 23.0 Å². The molecule has 2 heterocycles. The van der Waals surface area contributed by atoms with Gasteiger partial charge in [-0.2, -0.15) is 5.10 Å².